The lowest BCUT2D eigenvalue weighted by Gasteiger charge is -2.27. The summed E-state index contributed by atoms with van der Waals surface area (Å²) >= 11 is 0. The Morgan fingerprint density at radius 1 is 1.03 bits per heavy atom. The first kappa shape index (κ1) is 24.2. The normalized spacial score (nSPS) is 18.3. The summed E-state index contributed by atoms with van der Waals surface area (Å²) in [6.07, 6.45) is -2.44. The first-order valence-corrected chi connectivity index (χ1v) is 10.5. The Balaban J connectivity index is 1.49. The second-order valence-corrected chi connectivity index (χ2v) is 7.77. The number of fused-ring (bicyclic) bond motifs is 1. The molecule has 2 aliphatic heterocycles. The molecule has 1 aromatic carbocycles. The number of benzene rings is 1. The quantitative estimate of drug-likeness (QED) is 0.375. The third-order valence-electron chi connectivity index (χ3n) is 5.43. The molecule has 1 aromatic rings. The average Bonchev–Trinajstić information content (AvgIpc) is 3.00. The number of unbranched alkanes of at least 4 members (excludes halogenated alkanes) is 3. The number of nitrogens with zero attached hydrogens (tertiary/aromatic N) is 1. The number of rotatable bonds is 9. The molecule has 0 bridgehead atoms. The van der Waals surface area contributed by atoms with Gasteiger partial charge in [-0.25, -0.2) is 0 Å². The molecule has 1 saturated heterocycles. The molecule has 9 nitrogen and oxygen atoms in total. The maximum Gasteiger partial charge on any atom is 0.471 e. The van der Waals surface area contributed by atoms with Crippen molar-refractivity contribution >= 4 is 35.2 Å². The Morgan fingerprint density at radius 3 is 2.39 bits per heavy atom. The van der Waals surface area contributed by atoms with E-state index in [-0.39, 0.29) is 30.5 Å². The Labute approximate surface area is 187 Å². The van der Waals surface area contributed by atoms with E-state index in [0.29, 0.717) is 37.9 Å². The van der Waals surface area contributed by atoms with Crippen molar-refractivity contribution in [2.24, 2.45) is 0 Å². The van der Waals surface area contributed by atoms with E-state index in [1.807, 2.05) is 5.32 Å². The second kappa shape index (κ2) is 10.0. The summed E-state index contributed by atoms with van der Waals surface area (Å²) in [5.74, 6) is -4.27. The number of imide groups is 2. The van der Waals surface area contributed by atoms with Crippen LogP contribution in [0.2, 0.25) is 0 Å². The molecule has 0 aliphatic carbocycles. The highest BCUT2D eigenvalue weighted by Crippen LogP contribution is 2.32. The van der Waals surface area contributed by atoms with E-state index in [9.17, 15) is 37.1 Å². The highest BCUT2D eigenvalue weighted by Gasteiger charge is 2.45. The molecule has 33 heavy (non-hydrogen) atoms. The van der Waals surface area contributed by atoms with Gasteiger partial charge in [-0.1, -0.05) is 18.9 Å². The molecule has 0 saturated carbocycles. The highest BCUT2D eigenvalue weighted by molar-refractivity contribution is 6.25. The van der Waals surface area contributed by atoms with Crippen LogP contribution in [0.4, 0.5) is 18.9 Å². The van der Waals surface area contributed by atoms with Crippen molar-refractivity contribution in [2.75, 3.05) is 18.4 Å². The lowest BCUT2D eigenvalue weighted by Crippen LogP contribution is -2.54. The molecule has 1 atom stereocenters. The van der Waals surface area contributed by atoms with Crippen LogP contribution in [0, 0.1) is 0 Å². The number of piperidine rings is 1. The first-order valence-electron chi connectivity index (χ1n) is 10.5. The van der Waals surface area contributed by atoms with E-state index in [4.69, 9.17) is 0 Å². The number of halogens is 3. The lowest BCUT2D eigenvalue weighted by molar-refractivity contribution is -0.173. The third kappa shape index (κ3) is 5.49. The molecule has 2 aliphatic rings. The maximum absolute atomic E-state index is 13.0. The number of carbonyl (C=O) groups excluding carboxylic acids is 5. The molecule has 178 valence electrons. The number of amides is 5. The molecule has 1 fully saturated rings. The van der Waals surface area contributed by atoms with Crippen molar-refractivity contribution < 1.29 is 37.1 Å². The predicted octanol–water partition coefficient (Wildman–Crippen LogP) is 1.74. The average molecular weight is 468 g/mol. The van der Waals surface area contributed by atoms with Gasteiger partial charge in [-0.15, -0.1) is 0 Å². The van der Waals surface area contributed by atoms with Crippen molar-refractivity contribution in [3.63, 3.8) is 0 Å². The summed E-state index contributed by atoms with van der Waals surface area (Å²) in [4.78, 5) is 60.9. The van der Waals surface area contributed by atoms with Crippen LogP contribution in [0.5, 0.6) is 0 Å². The minimum absolute atomic E-state index is 0.0365. The molecule has 3 N–H and O–H groups in total. The number of anilines is 1. The van der Waals surface area contributed by atoms with Gasteiger partial charge in [-0.3, -0.25) is 34.2 Å². The zero-order valence-electron chi connectivity index (χ0n) is 17.6. The summed E-state index contributed by atoms with van der Waals surface area (Å²) in [5.41, 5.74) is 0.787. The fourth-order valence-electron chi connectivity index (χ4n) is 3.79. The molecule has 2 heterocycles. The summed E-state index contributed by atoms with van der Waals surface area (Å²) in [6, 6.07) is 3.72. The monoisotopic (exact) mass is 468 g/mol. The van der Waals surface area contributed by atoms with Gasteiger partial charge in [0.05, 0.1) is 11.1 Å². The Hall–Kier alpha value is -3.44. The summed E-state index contributed by atoms with van der Waals surface area (Å²) in [5, 5.41) is 7.05. The predicted molar refractivity (Wildman–Crippen MR) is 109 cm³/mol. The van der Waals surface area contributed by atoms with E-state index < -0.39 is 41.8 Å². The van der Waals surface area contributed by atoms with Gasteiger partial charge in [0.15, 0.2) is 0 Å². The van der Waals surface area contributed by atoms with Crippen LogP contribution >= 0.6 is 0 Å². The standard InChI is InChI=1S/C21H23F3N4O5/c22-21(23,24)20(33)26-11-4-2-1-3-10-25-13-7-5-6-12-16(13)19(32)28(18(12)31)14-8-9-15(29)27-17(14)30/h5-7,14,25H,1-4,8-11H2,(H,26,33)(H,27,29,30). The van der Waals surface area contributed by atoms with E-state index in [2.05, 4.69) is 10.6 Å². The number of hydrogen-bond acceptors (Lipinski definition) is 6. The van der Waals surface area contributed by atoms with Gasteiger partial charge < -0.3 is 10.6 Å². The fraction of sp³-hybridized carbons (Fsp3) is 0.476. The SMILES string of the molecule is O=C1CCC(N2C(=O)c3cccc(NCCCCCCNC(=O)C(F)(F)F)c3C2=O)C(=O)N1. The summed E-state index contributed by atoms with van der Waals surface area (Å²) < 4.78 is 36.3. The molecule has 1 unspecified atom stereocenters. The molecule has 0 spiro atoms. The van der Waals surface area contributed by atoms with Crippen LogP contribution < -0.4 is 16.0 Å². The minimum atomic E-state index is -4.88. The van der Waals surface area contributed by atoms with Crippen LogP contribution in [0.25, 0.3) is 0 Å². The van der Waals surface area contributed by atoms with Gasteiger partial charge in [0.2, 0.25) is 11.8 Å². The number of nitrogens with one attached hydrogen (secondary N) is 3. The van der Waals surface area contributed by atoms with Gasteiger partial charge in [-0.05, 0) is 31.4 Å². The molecule has 12 heteroatoms. The molecule has 0 aromatic heterocycles. The zero-order chi connectivity index (χ0) is 24.2. The molecular formula is C21H23F3N4O5. The molecule has 3 rings (SSSR count). The molecule has 0 radical (unpaired) electrons. The summed E-state index contributed by atoms with van der Waals surface area (Å²) in [6.45, 7) is 0.385. The van der Waals surface area contributed by atoms with Crippen molar-refractivity contribution in [3.8, 4) is 0 Å². The smallest absolute Gasteiger partial charge is 0.384 e. The van der Waals surface area contributed by atoms with Crippen molar-refractivity contribution in [1.29, 1.82) is 0 Å². The van der Waals surface area contributed by atoms with Crippen LogP contribution in [0.15, 0.2) is 18.2 Å². The van der Waals surface area contributed by atoms with Crippen molar-refractivity contribution in [3.05, 3.63) is 29.3 Å². The third-order valence-corrected chi connectivity index (χ3v) is 5.43. The van der Waals surface area contributed by atoms with Gasteiger partial charge in [0.25, 0.3) is 11.8 Å². The van der Waals surface area contributed by atoms with Gasteiger partial charge >= 0.3 is 12.1 Å². The van der Waals surface area contributed by atoms with Crippen molar-refractivity contribution in [2.45, 2.75) is 50.7 Å². The Morgan fingerprint density at radius 2 is 1.73 bits per heavy atom. The molecular weight excluding hydrogens is 445 g/mol. The first-order chi connectivity index (χ1) is 15.6. The van der Waals surface area contributed by atoms with Gasteiger partial charge in [-0.2, -0.15) is 13.2 Å². The fourth-order valence-corrected chi connectivity index (χ4v) is 3.79. The number of hydrogen-bond donors (Lipinski definition) is 3. The number of alkyl halides is 3. The van der Waals surface area contributed by atoms with Crippen LogP contribution in [0.3, 0.4) is 0 Å². The van der Waals surface area contributed by atoms with Crippen LogP contribution in [-0.2, 0) is 14.4 Å². The maximum atomic E-state index is 13.0. The van der Waals surface area contributed by atoms with E-state index in [1.165, 1.54) is 6.07 Å². The van der Waals surface area contributed by atoms with E-state index in [0.717, 1.165) is 4.90 Å². The largest absolute Gasteiger partial charge is 0.471 e. The Kier molecular flexibility index (Phi) is 7.34. The summed E-state index contributed by atoms with van der Waals surface area (Å²) in [7, 11) is 0. The van der Waals surface area contributed by atoms with Gasteiger partial charge in [0.1, 0.15) is 6.04 Å². The molecule has 5 amide bonds. The van der Waals surface area contributed by atoms with E-state index >= 15 is 0 Å². The lowest BCUT2D eigenvalue weighted by atomic mass is 10.0. The topological polar surface area (TPSA) is 125 Å². The van der Waals surface area contributed by atoms with Gasteiger partial charge in [0, 0.05) is 25.2 Å². The number of carbonyl (C=O) groups is 5. The van der Waals surface area contributed by atoms with Crippen LogP contribution in [-0.4, -0.2) is 59.7 Å². The second-order valence-electron chi connectivity index (χ2n) is 7.77. The highest BCUT2D eigenvalue weighted by atomic mass is 19.4. The zero-order valence-corrected chi connectivity index (χ0v) is 17.6. The van der Waals surface area contributed by atoms with E-state index in [1.54, 1.807) is 12.1 Å². The van der Waals surface area contributed by atoms with Crippen molar-refractivity contribution in [1.82, 2.24) is 15.5 Å². The minimum Gasteiger partial charge on any atom is -0.384 e. The van der Waals surface area contributed by atoms with Crippen LogP contribution in [0.1, 0.15) is 59.2 Å². The Bertz CT molecular complexity index is 979.